The number of hydrogen-bond acceptors (Lipinski definition) is 4. The highest BCUT2D eigenvalue weighted by atomic mass is 16.1. The molecule has 0 fully saturated rings. The van der Waals surface area contributed by atoms with Gasteiger partial charge >= 0.3 is 0 Å². The van der Waals surface area contributed by atoms with Crippen LogP contribution in [-0.4, -0.2) is 15.7 Å². The van der Waals surface area contributed by atoms with Crippen LogP contribution < -0.4 is 10.6 Å². The molecule has 1 amide bonds. The van der Waals surface area contributed by atoms with Crippen molar-refractivity contribution >= 4 is 17.4 Å². The van der Waals surface area contributed by atoms with Gasteiger partial charge in [-0.3, -0.25) is 4.79 Å². The molecular weight excluding hydrogens is 338 g/mol. The number of carbonyl (C=O) groups excluding carboxylic acids is 1. The minimum atomic E-state index is -0.423. The number of nitrogens with zero attached hydrogens (tertiary/aromatic N) is 3. The van der Waals surface area contributed by atoms with E-state index in [4.69, 9.17) is 0 Å². The molecular formula is C21H17N5O. The molecule has 4 rings (SSSR count). The van der Waals surface area contributed by atoms with Crippen LogP contribution in [0, 0.1) is 11.3 Å². The molecule has 0 radical (unpaired) electrons. The third-order valence-corrected chi connectivity index (χ3v) is 4.54. The highest BCUT2D eigenvalue weighted by Gasteiger charge is 2.34. The summed E-state index contributed by atoms with van der Waals surface area (Å²) in [6.45, 7) is 1.84. The highest BCUT2D eigenvalue weighted by molar-refractivity contribution is 6.06. The summed E-state index contributed by atoms with van der Waals surface area (Å²) in [6.07, 6.45) is 1.52. The topological polar surface area (TPSA) is 82.7 Å². The summed E-state index contributed by atoms with van der Waals surface area (Å²) < 4.78 is 1.70. The smallest absolute Gasteiger partial charge is 0.255 e. The number of amides is 1. The second-order valence-electron chi connectivity index (χ2n) is 6.26. The zero-order chi connectivity index (χ0) is 18.8. The molecule has 0 spiro atoms. The first kappa shape index (κ1) is 16.6. The maximum Gasteiger partial charge on any atom is 0.255 e. The molecule has 1 aliphatic heterocycles. The van der Waals surface area contributed by atoms with Crippen LogP contribution in [0.25, 0.3) is 0 Å². The van der Waals surface area contributed by atoms with Gasteiger partial charge in [-0.25, -0.2) is 4.68 Å². The fourth-order valence-corrected chi connectivity index (χ4v) is 3.29. The van der Waals surface area contributed by atoms with Gasteiger partial charge in [0.2, 0.25) is 0 Å². The number of fused-ring (bicyclic) bond motifs is 1. The van der Waals surface area contributed by atoms with Crippen LogP contribution in [-0.2, 0) is 4.79 Å². The molecule has 2 N–H and O–H groups in total. The van der Waals surface area contributed by atoms with Crippen molar-refractivity contribution < 1.29 is 4.79 Å². The average Bonchev–Trinajstić information content (AvgIpc) is 3.10. The predicted molar refractivity (Wildman–Crippen MR) is 103 cm³/mol. The summed E-state index contributed by atoms with van der Waals surface area (Å²) in [5.41, 5.74) is 3.34. The van der Waals surface area contributed by atoms with Crippen molar-refractivity contribution in [3.05, 3.63) is 89.3 Å². The van der Waals surface area contributed by atoms with Gasteiger partial charge in [0, 0.05) is 11.4 Å². The first-order valence-electron chi connectivity index (χ1n) is 8.56. The predicted octanol–water partition coefficient (Wildman–Crippen LogP) is 3.68. The largest absolute Gasteiger partial charge is 0.343 e. The summed E-state index contributed by atoms with van der Waals surface area (Å²) >= 11 is 0. The van der Waals surface area contributed by atoms with E-state index in [0.717, 1.165) is 11.3 Å². The minimum absolute atomic E-state index is 0.209. The molecule has 0 unspecified atom stereocenters. The maximum atomic E-state index is 13.1. The Balaban J connectivity index is 1.81. The zero-order valence-electron chi connectivity index (χ0n) is 14.7. The number of rotatable bonds is 3. The van der Waals surface area contributed by atoms with E-state index in [9.17, 15) is 10.1 Å². The van der Waals surface area contributed by atoms with Gasteiger partial charge in [0.1, 0.15) is 23.5 Å². The third-order valence-electron chi connectivity index (χ3n) is 4.54. The van der Waals surface area contributed by atoms with Gasteiger partial charge in [-0.2, -0.15) is 10.4 Å². The molecule has 0 saturated carbocycles. The first-order chi connectivity index (χ1) is 13.2. The molecule has 0 saturated heterocycles. The molecule has 0 bridgehead atoms. The Labute approximate surface area is 156 Å². The molecule has 132 valence electrons. The quantitative estimate of drug-likeness (QED) is 0.751. The Hall–Kier alpha value is -3.85. The fraction of sp³-hybridized carbons (Fsp3) is 0.0952. The van der Waals surface area contributed by atoms with Gasteiger partial charge in [-0.05, 0) is 24.6 Å². The number of benzene rings is 2. The Bertz CT molecular complexity index is 1060. The second-order valence-corrected chi connectivity index (χ2v) is 6.26. The number of hydrogen-bond donors (Lipinski definition) is 2. The second kappa shape index (κ2) is 6.81. The lowest BCUT2D eigenvalue weighted by molar-refractivity contribution is -0.113. The number of para-hydroxylation sites is 1. The van der Waals surface area contributed by atoms with Crippen LogP contribution in [0.3, 0.4) is 0 Å². The normalized spacial score (nSPS) is 15.5. The van der Waals surface area contributed by atoms with Crippen LogP contribution in [0.2, 0.25) is 0 Å². The van der Waals surface area contributed by atoms with Gasteiger partial charge in [0.05, 0.1) is 11.8 Å². The highest BCUT2D eigenvalue weighted by Crippen LogP contribution is 2.37. The van der Waals surface area contributed by atoms with Crippen LogP contribution in [0.1, 0.15) is 24.1 Å². The SMILES string of the molecule is CC1=C(C(=O)Nc2ccccc2)[C@H](c2ccccc2)n2ncc(C#N)c2N1. The summed E-state index contributed by atoms with van der Waals surface area (Å²) in [5.74, 6) is 0.389. The standard InChI is InChI=1S/C21H17N5O/c1-14-18(21(27)25-17-10-6-3-7-11-17)19(15-8-4-2-5-9-15)26-20(24-14)16(12-22)13-23-26/h2-11,13,19,24H,1H3,(H,25,27)/t19-/m0/s1. The Morgan fingerprint density at radius 1 is 1.15 bits per heavy atom. The van der Waals surface area contributed by atoms with E-state index in [2.05, 4.69) is 21.8 Å². The van der Waals surface area contributed by atoms with Gasteiger partial charge in [-0.1, -0.05) is 48.5 Å². The molecule has 3 aromatic rings. The van der Waals surface area contributed by atoms with Crippen molar-refractivity contribution in [3.63, 3.8) is 0 Å². The van der Waals surface area contributed by atoms with Crippen molar-refractivity contribution in [1.29, 1.82) is 5.26 Å². The van der Waals surface area contributed by atoms with Crippen molar-refractivity contribution in [2.24, 2.45) is 0 Å². The van der Waals surface area contributed by atoms with Gasteiger partial charge < -0.3 is 10.6 Å². The van der Waals surface area contributed by atoms with Gasteiger partial charge in [0.25, 0.3) is 5.91 Å². The fourth-order valence-electron chi connectivity index (χ4n) is 3.29. The third kappa shape index (κ3) is 2.96. The van der Waals surface area contributed by atoms with E-state index < -0.39 is 6.04 Å². The minimum Gasteiger partial charge on any atom is -0.343 e. The molecule has 2 aromatic carbocycles. The summed E-state index contributed by atoms with van der Waals surface area (Å²) in [5, 5.41) is 19.9. The lowest BCUT2D eigenvalue weighted by Crippen LogP contribution is -2.31. The average molecular weight is 355 g/mol. The molecule has 0 aliphatic carbocycles. The lowest BCUT2D eigenvalue weighted by Gasteiger charge is -2.30. The van der Waals surface area contributed by atoms with Crippen molar-refractivity contribution in [2.75, 3.05) is 10.6 Å². The number of nitriles is 1. The van der Waals surface area contributed by atoms with E-state index in [0.29, 0.717) is 22.7 Å². The summed E-state index contributed by atoms with van der Waals surface area (Å²) in [6, 6.07) is 20.7. The van der Waals surface area contributed by atoms with Crippen LogP contribution in [0.15, 0.2) is 78.1 Å². The zero-order valence-corrected chi connectivity index (χ0v) is 14.7. The van der Waals surface area contributed by atoms with Crippen molar-refractivity contribution in [3.8, 4) is 6.07 Å². The lowest BCUT2D eigenvalue weighted by atomic mass is 9.94. The Morgan fingerprint density at radius 3 is 2.48 bits per heavy atom. The van der Waals surface area contributed by atoms with Crippen LogP contribution in [0.5, 0.6) is 0 Å². The molecule has 1 aromatic heterocycles. The number of anilines is 2. The molecule has 27 heavy (non-hydrogen) atoms. The monoisotopic (exact) mass is 355 g/mol. The van der Waals surface area contributed by atoms with E-state index in [1.807, 2.05) is 67.6 Å². The van der Waals surface area contributed by atoms with Crippen LogP contribution in [0.4, 0.5) is 11.5 Å². The van der Waals surface area contributed by atoms with E-state index in [-0.39, 0.29) is 5.91 Å². The molecule has 6 heteroatoms. The number of aromatic nitrogens is 2. The van der Waals surface area contributed by atoms with E-state index in [1.165, 1.54) is 6.20 Å². The van der Waals surface area contributed by atoms with Gasteiger partial charge in [0.15, 0.2) is 0 Å². The summed E-state index contributed by atoms with van der Waals surface area (Å²) in [7, 11) is 0. The number of carbonyl (C=O) groups is 1. The van der Waals surface area contributed by atoms with Crippen LogP contribution >= 0.6 is 0 Å². The Morgan fingerprint density at radius 2 is 1.81 bits per heavy atom. The van der Waals surface area contributed by atoms with E-state index in [1.54, 1.807) is 4.68 Å². The summed E-state index contributed by atoms with van der Waals surface area (Å²) in [4.78, 5) is 13.1. The maximum absolute atomic E-state index is 13.1. The molecule has 1 atom stereocenters. The molecule has 1 aliphatic rings. The van der Waals surface area contributed by atoms with E-state index >= 15 is 0 Å². The molecule has 2 heterocycles. The Kier molecular flexibility index (Phi) is 4.19. The molecule has 6 nitrogen and oxygen atoms in total. The first-order valence-corrected chi connectivity index (χ1v) is 8.56. The number of allylic oxidation sites excluding steroid dienone is 1. The van der Waals surface area contributed by atoms with Gasteiger partial charge in [-0.15, -0.1) is 0 Å². The van der Waals surface area contributed by atoms with Crippen molar-refractivity contribution in [1.82, 2.24) is 9.78 Å². The number of nitrogens with one attached hydrogen (secondary N) is 2. The van der Waals surface area contributed by atoms with Crippen molar-refractivity contribution in [2.45, 2.75) is 13.0 Å².